The number of nitro groups is 1. The SMILES string of the molecule is CNCC1=C(n2ccccc2=O)c2cc([N+](=O)[O-])ccc2OC1(C)C. The molecular weight excluding hydrogens is 322 g/mol. The van der Waals surface area contributed by atoms with Gasteiger partial charge < -0.3 is 10.1 Å². The fraction of sp³-hybridized carbons (Fsp3) is 0.278. The number of nitrogens with zero attached hydrogens (tertiary/aromatic N) is 2. The number of hydrogen-bond acceptors (Lipinski definition) is 5. The van der Waals surface area contributed by atoms with Crippen molar-refractivity contribution in [3.8, 4) is 5.75 Å². The van der Waals surface area contributed by atoms with Gasteiger partial charge in [0.15, 0.2) is 0 Å². The van der Waals surface area contributed by atoms with Gasteiger partial charge in [0.05, 0.1) is 10.6 Å². The van der Waals surface area contributed by atoms with E-state index in [-0.39, 0.29) is 11.2 Å². The van der Waals surface area contributed by atoms with E-state index in [1.165, 1.54) is 22.8 Å². The molecule has 25 heavy (non-hydrogen) atoms. The highest BCUT2D eigenvalue weighted by Crippen LogP contribution is 2.42. The van der Waals surface area contributed by atoms with Crippen LogP contribution in [-0.2, 0) is 0 Å². The Kier molecular flexibility index (Phi) is 4.18. The lowest BCUT2D eigenvalue weighted by Crippen LogP contribution is -2.40. The van der Waals surface area contributed by atoms with Gasteiger partial charge in [-0.25, -0.2) is 0 Å². The molecule has 2 aromatic rings. The van der Waals surface area contributed by atoms with Gasteiger partial charge in [0.25, 0.3) is 11.2 Å². The molecule has 2 heterocycles. The number of benzene rings is 1. The number of ether oxygens (including phenoxy) is 1. The molecule has 0 saturated heterocycles. The lowest BCUT2D eigenvalue weighted by molar-refractivity contribution is -0.384. The topological polar surface area (TPSA) is 86.4 Å². The van der Waals surface area contributed by atoms with Crippen molar-refractivity contribution in [2.45, 2.75) is 19.4 Å². The van der Waals surface area contributed by atoms with Crippen molar-refractivity contribution >= 4 is 11.4 Å². The summed E-state index contributed by atoms with van der Waals surface area (Å²) >= 11 is 0. The van der Waals surface area contributed by atoms with Crippen LogP contribution in [0.5, 0.6) is 5.75 Å². The van der Waals surface area contributed by atoms with Gasteiger partial charge >= 0.3 is 0 Å². The first-order valence-corrected chi connectivity index (χ1v) is 7.89. The van der Waals surface area contributed by atoms with Gasteiger partial charge in [-0.05, 0) is 33.0 Å². The molecule has 0 fully saturated rings. The van der Waals surface area contributed by atoms with Crippen LogP contribution in [0, 0.1) is 10.1 Å². The van der Waals surface area contributed by atoms with E-state index in [1.807, 2.05) is 13.8 Å². The Bertz CT molecular complexity index is 928. The van der Waals surface area contributed by atoms with E-state index >= 15 is 0 Å². The Morgan fingerprint density at radius 2 is 2.04 bits per heavy atom. The predicted molar refractivity (Wildman–Crippen MR) is 94.8 cm³/mol. The van der Waals surface area contributed by atoms with E-state index in [4.69, 9.17) is 4.74 Å². The molecular formula is C18H19N3O4. The molecule has 0 spiro atoms. The van der Waals surface area contributed by atoms with Gasteiger partial charge in [-0.3, -0.25) is 19.5 Å². The molecule has 1 aromatic carbocycles. The zero-order valence-electron chi connectivity index (χ0n) is 14.3. The molecule has 130 valence electrons. The minimum Gasteiger partial charge on any atom is -0.483 e. The molecule has 1 aromatic heterocycles. The summed E-state index contributed by atoms with van der Waals surface area (Å²) in [6.45, 7) is 4.31. The van der Waals surface area contributed by atoms with E-state index < -0.39 is 10.5 Å². The molecule has 0 radical (unpaired) electrons. The molecule has 0 saturated carbocycles. The van der Waals surface area contributed by atoms with Crippen LogP contribution >= 0.6 is 0 Å². The van der Waals surface area contributed by atoms with Crippen molar-refractivity contribution < 1.29 is 9.66 Å². The zero-order chi connectivity index (χ0) is 18.2. The Hall–Kier alpha value is -2.93. The number of rotatable bonds is 4. The van der Waals surface area contributed by atoms with Gasteiger partial charge in [-0.1, -0.05) is 6.07 Å². The first-order chi connectivity index (χ1) is 11.8. The quantitative estimate of drug-likeness (QED) is 0.682. The molecule has 0 atom stereocenters. The van der Waals surface area contributed by atoms with Crippen molar-refractivity contribution in [1.82, 2.24) is 9.88 Å². The van der Waals surface area contributed by atoms with Crippen LogP contribution in [0.2, 0.25) is 0 Å². The van der Waals surface area contributed by atoms with Crippen LogP contribution in [0.4, 0.5) is 5.69 Å². The van der Waals surface area contributed by atoms with Crippen molar-refractivity contribution in [3.63, 3.8) is 0 Å². The van der Waals surface area contributed by atoms with Crippen molar-refractivity contribution in [2.75, 3.05) is 13.6 Å². The van der Waals surface area contributed by atoms with Gasteiger partial charge in [0.1, 0.15) is 11.4 Å². The highest BCUT2D eigenvalue weighted by molar-refractivity contribution is 5.78. The monoisotopic (exact) mass is 341 g/mol. The van der Waals surface area contributed by atoms with Crippen LogP contribution in [-0.4, -0.2) is 28.7 Å². The summed E-state index contributed by atoms with van der Waals surface area (Å²) in [7, 11) is 1.80. The Morgan fingerprint density at radius 3 is 2.68 bits per heavy atom. The minimum absolute atomic E-state index is 0.0488. The third-order valence-electron chi connectivity index (χ3n) is 4.22. The first-order valence-electron chi connectivity index (χ1n) is 7.89. The molecule has 0 amide bonds. The Balaban J connectivity index is 2.38. The maximum absolute atomic E-state index is 12.4. The highest BCUT2D eigenvalue weighted by Gasteiger charge is 2.36. The largest absolute Gasteiger partial charge is 0.483 e. The Labute approximate surface area is 144 Å². The van der Waals surface area contributed by atoms with Crippen molar-refractivity contribution in [3.05, 3.63) is 74.2 Å². The second kappa shape index (κ2) is 6.18. The van der Waals surface area contributed by atoms with Crippen LogP contribution in [0.3, 0.4) is 0 Å². The Morgan fingerprint density at radius 1 is 1.28 bits per heavy atom. The molecule has 0 unspecified atom stereocenters. The number of likely N-dealkylation sites (N-methyl/N-ethyl adjacent to an activating group) is 1. The van der Waals surface area contributed by atoms with E-state index in [0.717, 1.165) is 5.57 Å². The third kappa shape index (κ3) is 2.94. The molecule has 1 aliphatic rings. The third-order valence-corrected chi connectivity index (χ3v) is 4.22. The number of nitrogens with one attached hydrogen (secondary N) is 1. The number of nitro benzene ring substituents is 1. The van der Waals surface area contributed by atoms with Gasteiger partial charge in [-0.2, -0.15) is 0 Å². The zero-order valence-corrected chi connectivity index (χ0v) is 14.3. The average Bonchev–Trinajstić information content (AvgIpc) is 2.56. The molecule has 1 aliphatic heterocycles. The van der Waals surface area contributed by atoms with Gasteiger partial charge in [0, 0.05) is 42.1 Å². The van der Waals surface area contributed by atoms with Crippen molar-refractivity contribution in [1.29, 1.82) is 0 Å². The molecule has 1 N–H and O–H groups in total. The van der Waals surface area contributed by atoms with Crippen LogP contribution in [0.1, 0.15) is 19.4 Å². The van der Waals surface area contributed by atoms with Crippen LogP contribution < -0.4 is 15.6 Å². The second-order valence-corrected chi connectivity index (χ2v) is 6.32. The van der Waals surface area contributed by atoms with Gasteiger partial charge in [-0.15, -0.1) is 0 Å². The summed E-state index contributed by atoms with van der Waals surface area (Å²) in [5.41, 5.74) is 1.07. The first kappa shape index (κ1) is 16.9. The fourth-order valence-electron chi connectivity index (χ4n) is 3.05. The van der Waals surface area contributed by atoms with Crippen molar-refractivity contribution in [2.24, 2.45) is 0 Å². The summed E-state index contributed by atoms with van der Waals surface area (Å²) in [5, 5.41) is 14.3. The maximum Gasteiger partial charge on any atom is 0.270 e. The fourth-order valence-corrected chi connectivity index (χ4v) is 3.05. The lowest BCUT2D eigenvalue weighted by Gasteiger charge is -2.37. The standard InChI is InChI=1S/C18H19N3O4/c1-18(2)14(11-19-3)17(20-9-5-4-6-16(20)22)13-10-12(21(23)24)7-8-15(13)25-18/h4-10,19H,11H2,1-3H3. The number of hydrogen-bond donors (Lipinski definition) is 1. The number of non-ortho nitro benzene ring substituents is 1. The minimum atomic E-state index is -0.670. The molecule has 0 bridgehead atoms. The number of pyridine rings is 1. The lowest BCUT2D eigenvalue weighted by atomic mass is 9.89. The summed E-state index contributed by atoms with van der Waals surface area (Å²) in [4.78, 5) is 23.2. The normalized spacial score (nSPS) is 15.5. The van der Waals surface area contributed by atoms with E-state index in [2.05, 4.69) is 5.32 Å². The van der Waals surface area contributed by atoms with Crippen LogP contribution in [0.15, 0.2) is 53.0 Å². The maximum atomic E-state index is 12.4. The summed E-state index contributed by atoms with van der Waals surface area (Å²) in [6.07, 6.45) is 1.66. The average molecular weight is 341 g/mol. The predicted octanol–water partition coefficient (Wildman–Crippen LogP) is 2.41. The molecule has 7 nitrogen and oxygen atoms in total. The summed E-state index contributed by atoms with van der Waals surface area (Å²) in [6, 6.07) is 9.32. The van der Waals surface area contributed by atoms with Crippen LogP contribution in [0.25, 0.3) is 5.70 Å². The molecule has 7 heteroatoms. The summed E-state index contributed by atoms with van der Waals surface area (Å²) in [5.74, 6) is 0.515. The van der Waals surface area contributed by atoms with Gasteiger partial charge in [0.2, 0.25) is 0 Å². The van der Waals surface area contributed by atoms with E-state index in [1.54, 1.807) is 31.4 Å². The van der Waals surface area contributed by atoms with E-state index in [0.29, 0.717) is 23.6 Å². The summed E-state index contributed by atoms with van der Waals surface area (Å²) < 4.78 is 7.59. The smallest absolute Gasteiger partial charge is 0.270 e. The number of fused-ring (bicyclic) bond motifs is 1. The highest BCUT2D eigenvalue weighted by atomic mass is 16.6. The number of aromatic nitrogens is 1. The molecule has 0 aliphatic carbocycles. The van der Waals surface area contributed by atoms with E-state index in [9.17, 15) is 14.9 Å². The molecule has 3 rings (SSSR count). The second-order valence-electron chi connectivity index (χ2n) is 6.32.